The minimum atomic E-state index is 0.186. The first kappa shape index (κ1) is 18.0. The van der Waals surface area contributed by atoms with Crippen LogP contribution in [0.4, 0.5) is 5.95 Å². The van der Waals surface area contributed by atoms with Crippen molar-refractivity contribution in [2.45, 2.75) is 20.1 Å². The highest BCUT2D eigenvalue weighted by molar-refractivity contribution is 9.10. The minimum Gasteiger partial charge on any atom is -0.493 e. The van der Waals surface area contributed by atoms with Crippen LogP contribution in [0.1, 0.15) is 16.7 Å². The van der Waals surface area contributed by atoms with Gasteiger partial charge in [-0.1, -0.05) is 45.3 Å². The average Bonchev–Trinajstić information content (AvgIpc) is 3.05. The lowest BCUT2D eigenvalue weighted by molar-refractivity contribution is 0.283. The van der Waals surface area contributed by atoms with Gasteiger partial charge in [-0.15, -0.1) is 4.79 Å². The number of hydrogen-bond acceptors (Lipinski definition) is 7. The van der Waals surface area contributed by atoms with Gasteiger partial charge in [0.15, 0.2) is 11.5 Å². The molecule has 3 aromatic rings. The van der Waals surface area contributed by atoms with Gasteiger partial charge in [-0.25, -0.2) is 0 Å². The fraction of sp³-hybridized carbons (Fsp3) is 0.235. The number of halogens is 1. The maximum atomic E-state index is 5.97. The molecule has 9 heteroatoms. The van der Waals surface area contributed by atoms with Crippen molar-refractivity contribution in [1.29, 1.82) is 0 Å². The third kappa shape index (κ3) is 4.05. The number of hydrogen-bond donors (Lipinski definition) is 2. The van der Waals surface area contributed by atoms with Crippen LogP contribution in [0.5, 0.6) is 11.5 Å². The number of nitrogen functional groups attached to an aromatic ring is 1. The Morgan fingerprint density at radius 3 is 2.69 bits per heavy atom. The van der Waals surface area contributed by atoms with Crippen LogP contribution in [0, 0.1) is 6.92 Å². The zero-order chi connectivity index (χ0) is 18.5. The fourth-order valence-corrected chi connectivity index (χ4v) is 2.84. The van der Waals surface area contributed by atoms with Crippen LogP contribution in [0.2, 0.25) is 0 Å². The van der Waals surface area contributed by atoms with E-state index in [-0.39, 0.29) is 5.95 Å². The van der Waals surface area contributed by atoms with E-state index < -0.39 is 0 Å². The standard InChI is InChI=1S/C17H19BrN6O2/c1-11-5-3-4-6-12(11)10-26-16-8-14(18)13(7-15(16)25-2)9-20-24-17(19)21-22-23-24/h3-8,20H,9-10H2,1-2H3,(H2,19,21,23). The molecular weight excluding hydrogens is 400 g/mol. The molecule has 0 bridgehead atoms. The first-order chi connectivity index (χ1) is 12.6. The number of aryl methyl sites for hydroxylation is 1. The molecule has 0 fully saturated rings. The van der Waals surface area contributed by atoms with Crippen LogP contribution in [0.25, 0.3) is 0 Å². The topological polar surface area (TPSA) is 100 Å². The summed E-state index contributed by atoms with van der Waals surface area (Å²) < 4.78 is 12.3. The molecule has 26 heavy (non-hydrogen) atoms. The molecule has 0 saturated carbocycles. The second-order valence-corrected chi connectivity index (χ2v) is 6.45. The Hall–Kier alpha value is -2.81. The molecule has 3 rings (SSSR count). The van der Waals surface area contributed by atoms with E-state index in [9.17, 15) is 0 Å². The van der Waals surface area contributed by atoms with E-state index in [0.29, 0.717) is 24.7 Å². The van der Waals surface area contributed by atoms with Gasteiger partial charge < -0.3 is 20.6 Å². The van der Waals surface area contributed by atoms with Crippen LogP contribution in [0.3, 0.4) is 0 Å². The molecule has 8 nitrogen and oxygen atoms in total. The summed E-state index contributed by atoms with van der Waals surface area (Å²) in [4.78, 5) is 1.31. The van der Waals surface area contributed by atoms with Gasteiger partial charge in [0.05, 0.1) is 13.7 Å². The van der Waals surface area contributed by atoms with E-state index in [4.69, 9.17) is 15.2 Å². The van der Waals surface area contributed by atoms with Crippen LogP contribution in [0.15, 0.2) is 40.9 Å². The van der Waals surface area contributed by atoms with Gasteiger partial charge in [-0.3, -0.25) is 0 Å². The van der Waals surface area contributed by atoms with Crippen molar-refractivity contribution in [2.24, 2.45) is 0 Å². The van der Waals surface area contributed by atoms with Crippen molar-refractivity contribution < 1.29 is 9.47 Å². The van der Waals surface area contributed by atoms with E-state index in [1.165, 1.54) is 10.4 Å². The summed E-state index contributed by atoms with van der Waals surface area (Å²) in [5, 5.41) is 10.8. The number of benzene rings is 2. The first-order valence-electron chi connectivity index (χ1n) is 7.90. The summed E-state index contributed by atoms with van der Waals surface area (Å²) in [5.74, 6) is 1.49. The van der Waals surface area contributed by atoms with Gasteiger partial charge in [-0.2, -0.15) is 0 Å². The van der Waals surface area contributed by atoms with Crippen molar-refractivity contribution in [1.82, 2.24) is 20.3 Å². The normalized spacial score (nSPS) is 10.6. The van der Waals surface area contributed by atoms with Gasteiger partial charge >= 0.3 is 0 Å². The number of nitrogens with two attached hydrogens (primary N) is 1. The van der Waals surface area contributed by atoms with Crippen LogP contribution >= 0.6 is 15.9 Å². The predicted octanol–water partition coefficient (Wildman–Crippen LogP) is 2.66. The fourth-order valence-electron chi connectivity index (χ4n) is 2.38. The molecule has 0 saturated heterocycles. The third-order valence-corrected chi connectivity index (χ3v) is 4.63. The van der Waals surface area contributed by atoms with Crippen molar-refractivity contribution in [3.8, 4) is 11.5 Å². The average molecular weight is 419 g/mol. The SMILES string of the molecule is COc1cc(CNn2nnnc2N)c(Br)cc1OCc1ccccc1C. The number of methoxy groups -OCH3 is 1. The molecule has 0 aliphatic heterocycles. The molecule has 136 valence electrons. The first-order valence-corrected chi connectivity index (χ1v) is 8.69. The Labute approximate surface area is 159 Å². The highest BCUT2D eigenvalue weighted by Crippen LogP contribution is 2.34. The Morgan fingerprint density at radius 1 is 1.19 bits per heavy atom. The Bertz CT molecular complexity index is 899. The quantitative estimate of drug-likeness (QED) is 0.607. The molecule has 1 aromatic heterocycles. The predicted molar refractivity (Wildman–Crippen MR) is 101 cm³/mol. The highest BCUT2D eigenvalue weighted by Gasteiger charge is 2.12. The lowest BCUT2D eigenvalue weighted by Gasteiger charge is -2.15. The van der Waals surface area contributed by atoms with Crippen molar-refractivity contribution in [3.63, 3.8) is 0 Å². The van der Waals surface area contributed by atoms with E-state index in [1.807, 2.05) is 30.3 Å². The number of aromatic nitrogens is 4. The summed E-state index contributed by atoms with van der Waals surface area (Å²) >= 11 is 3.57. The molecule has 0 spiro atoms. The van der Waals surface area contributed by atoms with Crippen molar-refractivity contribution in [2.75, 3.05) is 18.3 Å². The zero-order valence-corrected chi connectivity index (χ0v) is 16.0. The number of ether oxygens (including phenoxy) is 2. The van der Waals surface area contributed by atoms with E-state index >= 15 is 0 Å². The van der Waals surface area contributed by atoms with Gasteiger partial charge in [-0.05, 0) is 46.2 Å². The third-order valence-electron chi connectivity index (χ3n) is 3.89. The van der Waals surface area contributed by atoms with Gasteiger partial charge in [0.2, 0.25) is 0 Å². The van der Waals surface area contributed by atoms with Crippen molar-refractivity contribution >= 4 is 21.9 Å². The summed E-state index contributed by atoms with van der Waals surface area (Å²) in [6.45, 7) is 2.98. The molecule has 0 aliphatic carbocycles. The molecule has 0 aliphatic rings. The Kier molecular flexibility index (Phi) is 5.57. The smallest absolute Gasteiger partial charge is 0.260 e. The molecule has 2 aromatic carbocycles. The van der Waals surface area contributed by atoms with Crippen LogP contribution < -0.4 is 20.6 Å². The molecule has 1 heterocycles. The maximum absolute atomic E-state index is 5.97. The number of nitrogens with zero attached hydrogens (tertiary/aromatic N) is 4. The van der Waals surface area contributed by atoms with Crippen LogP contribution in [-0.4, -0.2) is 27.4 Å². The maximum Gasteiger partial charge on any atom is 0.260 e. The molecule has 0 atom stereocenters. The number of nitrogens with one attached hydrogen (secondary N) is 1. The number of tetrazole rings is 1. The van der Waals surface area contributed by atoms with Gasteiger partial charge in [0.25, 0.3) is 5.95 Å². The molecule has 0 amide bonds. The van der Waals surface area contributed by atoms with Crippen LogP contribution in [-0.2, 0) is 13.2 Å². The number of anilines is 1. The second-order valence-electron chi connectivity index (χ2n) is 5.59. The summed E-state index contributed by atoms with van der Waals surface area (Å²) in [5.41, 5.74) is 11.9. The second kappa shape index (κ2) is 8.05. The summed E-state index contributed by atoms with van der Waals surface area (Å²) in [7, 11) is 1.61. The zero-order valence-electron chi connectivity index (χ0n) is 14.4. The molecule has 0 radical (unpaired) electrons. The Balaban J connectivity index is 1.74. The highest BCUT2D eigenvalue weighted by atomic mass is 79.9. The van der Waals surface area contributed by atoms with E-state index in [2.05, 4.69) is 49.9 Å². The monoisotopic (exact) mass is 418 g/mol. The van der Waals surface area contributed by atoms with Crippen molar-refractivity contribution in [3.05, 3.63) is 57.6 Å². The van der Waals surface area contributed by atoms with E-state index in [1.54, 1.807) is 7.11 Å². The Morgan fingerprint density at radius 2 is 2.00 bits per heavy atom. The molecule has 3 N–H and O–H groups in total. The molecular formula is C17H19BrN6O2. The summed E-state index contributed by atoms with van der Waals surface area (Å²) in [6, 6.07) is 11.9. The van der Waals surface area contributed by atoms with Gasteiger partial charge in [0.1, 0.15) is 6.61 Å². The lowest BCUT2D eigenvalue weighted by Crippen LogP contribution is -2.18. The molecule has 0 unspecified atom stereocenters. The summed E-state index contributed by atoms with van der Waals surface area (Å²) in [6.07, 6.45) is 0. The van der Waals surface area contributed by atoms with Gasteiger partial charge in [0, 0.05) is 4.47 Å². The lowest BCUT2D eigenvalue weighted by atomic mass is 10.1. The van der Waals surface area contributed by atoms with E-state index in [0.717, 1.165) is 15.6 Å². The minimum absolute atomic E-state index is 0.186. The largest absolute Gasteiger partial charge is 0.493 e. The number of rotatable bonds is 7.